The van der Waals surface area contributed by atoms with Crippen LogP contribution in [0.3, 0.4) is 0 Å². The van der Waals surface area contributed by atoms with Gasteiger partial charge in [-0.25, -0.2) is 13.1 Å². The monoisotopic (exact) mass is 479 g/mol. The number of benzene rings is 3. The summed E-state index contributed by atoms with van der Waals surface area (Å²) in [6.07, 6.45) is 0. The molecule has 0 unspecified atom stereocenters. The van der Waals surface area contributed by atoms with Crippen LogP contribution < -0.4 is 9.46 Å². The molecule has 0 spiro atoms. The van der Waals surface area contributed by atoms with E-state index in [2.05, 4.69) is 21.8 Å². The van der Waals surface area contributed by atoms with Gasteiger partial charge in [-0.15, -0.1) is 0 Å². The highest BCUT2D eigenvalue weighted by atomic mass is 32.2. The fourth-order valence-electron chi connectivity index (χ4n) is 3.81. The van der Waals surface area contributed by atoms with Crippen molar-refractivity contribution >= 4 is 15.9 Å². The van der Waals surface area contributed by atoms with Crippen LogP contribution in [0.5, 0.6) is 5.75 Å². The minimum atomic E-state index is -3.64. The van der Waals surface area contributed by atoms with Gasteiger partial charge in [0.15, 0.2) is 6.61 Å². The minimum absolute atomic E-state index is 0.0689. The van der Waals surface area contributed by atoms with Gasteiger partial charge in [0.1, 0.15) is 5.75 Å². The molecule has 3 aromatic rings. The van der Waals surface area contributed by atoms with Crippen LogP contribution in [0.4, 0.5) is 0 Å². The normalized spacial score (nSPS) is 14.6. The Morgan fingerprint density at radius 1 is 0.794 bits per heavy atom. The maximum Gasteiger partial charge on any atom is 0.260 e. The smallest absolute Gasteiger partial charge is 0.260 e. The van der Waals surface area contributed by atoms with Gasteiger partial charge in [-0.05, 0) is 35.4 Å². The quantitative estimate of drug-likeness (QED) is 0.511. The van der Waals surface area contributed by atoms with Crippen LogP contribution in [0.15, 0.2) is 89.8 Å². The maximum absolute atomic E-state index is 12.6. The summed E-state index contributed by atoms with van der Waals surface area (Å²) in [5.74, 6) is 0.388. The number of sulfonamides is 1. The Hall–Kier alpha value is -3.20. The van der Waals surface area contributed by atoms with Crippen molar-refractivity contribution in [2.75, 3.05) is 32.8 Å². The van der Waals surface area contributed by atoms with Gasteiger partial charge in [0.2, 0.25) is 10.0 Å². The summed E-state index contributed by atoms with van der Waals surface area (Å²) in [7, 11) is -3.64. The molecule has 1 fully saturated rings. The van der Waals surface area contributed by atoms with Crippen LogP contribution in [0.25, 0.3) is 0 Å². The van der Waals surface area contributed by atoms with Crippen LogP contribution in [0.1, 0.15) is 11.1 Å². The summed E-state index contributed by atoms with van der Waals surface area (Å²) in [6.45, 7) is 4.01. The second kappa shape index (κ2) is 11.3. The van der Waals surface area contributed by atoms with Crippen molar-refractivity contribution in [3.05, 3.63) is 96.1 Å². The van der Waals surface area contributed by atoms with Gasteiger partial charge in [-0.3, -0.25) is 9.69 Å². The average molecular weight is 480 g/mol. The van der Waals surface area contributed by atoms with Crippen LogP contribution in [0, 0.1) is 0 Å². The van der Waals surface area contributed by atoms with Crippen LogP contribution in [-0.2, 0) is 27.9 Å². The average Bonchev–Trinajstić information content (AvgIpc) is 2.88. The van der Waals surface area contributed by atoms with E-state index in [1.165, 1.54) is 17.7 Å². The Bertz CT molecular complexity index is 1160. The molecule has 34 heavy (non-hydrogen) atoms. The molecule has 0 radical (unpaired) electrons. The molecule has 178 valence electrons. The second-order valence-corrected chi connectivity index (χ2v) is 9.98. The maximum atomic E-state index is 12.6. The number of piperazine rings is 1. The zero-order chi connectivity index (χ0) is 23.8. The lowest BCUT2D eigenvalue weighted by Gasteiger charge is -2.34. The number of carbonyl (C=O) groups excluding carboxylic acids is 1. The molecule has 4 rings (SSSR count). The van der Waals surface area contributed by atoms with Gasteiger partial charge < -0.3 is 9.64 Å². The number of hydrogen-bond donors (Lipinski definition) is 1. The van der Waals surface area contributed by atoms with Gasteiger partial charge in [0.25, 0.3) is 5.91 Å². The third kappa shape index (κ3) is 6.66. The van der Waals surface area contributed by atoms with Crippen molar-refractivity contribution in [2.24, 2.45) is 0 Å². The van der Waals surface area contributed by atoms with Gasteiger partial charge in [0.05, 0.1) is 4.90 Å². The zero-order valence-electron chi connectivity index (χ0n) is 19.0. The summed E-state index contributed by atoms with van der Waals surface area (Å²) < 4.78 is 33.2. The fourth-order valence-corrected chi connectivity index (χ4v) is 4.82. The number of ether oxygens (including phenoxy) is 1. The lowest BCUT2D eigenvalue weighted by atomic mass is 10.2. The standard InChI is InChI=1S/C26H29N3O4S/c30-26(29-17-15-28(16-18-29)20-23-9-5-2-6-10-23)21-33-24-11-13-25(14-12-24)34(31,32)27-19-22-7-3-1-4-8-22/h1-14,27H,15-21H2. The SMILES string of the molecule is O=C(COc1ccc(S(=O)(=O)NCc2ccccc2)cc1)N1CCN(Cc2ccccc2)CC1. The predicted molar refractivity (Wildman–Crippen MR) is 131 cm³/mol. The third-order valence-corrected chi connectivity index (χ3v) is 7.20. The van der Waals surface area contributed by atoms with E-state index >= 15 is 0 Å². The number of rotatable bonds is 9. The van der Waals surface area contributed by atoms with Crippen molar-refractivity contribution in [3.63, 3.8) is 0 Å². The van der Waals surface area contributed by atoms with Crippen LogP contribution in [-0.4, -0.2) is 56.9 Å². The first-order chi connectivity index (χ1) is 16.5. The van der Waals surface area contributed by atoms with Crippen LogP contribution >= 0.6 is 0 Å². The van der Waals surface area contributed by atoms with E-state index in [0.717, 1.165) is 25.2 Å². The molecule has 1 aliphatic rings. The molecule has 7 nitrogen and oxygen atoms in total. The Labute approximate surface area is 201 Å². The molecule has 0 saturated carbocycles. The summed E-state index contributed by atoms with van der Waals surface area (Å²) in [6, 6.07) is 25.7. The Kier molecular flexibility index (Phi) is 7.95. The van der Waals surface area contributed by atoms with Crippen molar-refractivity contribution in [1.82, 2.24) is 14.5 Å². The van der Waals surface area contributed by atoms with Crippen molar-refractivity contribution in [3.8, 4) is 5.75 Å². The lowest BCUT2D eigenvalue weighted by Crippen LogP contribution is -2.49. The molecule has 1 saturated heterocycles. The molecular weight excluding hydrogens is 450 g/mol. The number of nitrogens with one attached hydrogen (secondary N) is 1. The largest absolute Gasteiger partial charge is 0.484 e. The first-order valence-electron chi connectivity index (χ1n) is 11.3. The molecule has 0 atom stereocenters. The van der Waals surface area contributed by atoms with E-state index in [1.54, 1.807) is 12.1 Å². The van der Waals surface area contributed by atoms with E-state index < -0.39 is 10.0 Å². The number of carbonyl (C=O) groups is 1. The molecule has 0 bridgehead atoms. The molecule has 1 amide bonds. The van der Waals surface area contributed by atoms with E-state index in [0.29, 0.717) is 18.8 Å². The summed E-state index contributed by atoms with van der Waals surface area (Å²) >= 11 is 0. The molecule has 3 aromatic carbocycles. The summed E-state index contributed by atoms with van der Waals surface area (Å²) in [4.78, 5) is 16.9. The van der Waals surface area contributed by atoms with Gasteiger partial charge in [-0.2, -0.15) is 0 Å². The highest BCUT2D eigenvalue weighted by Crippen LogP contribution is 2.17. The molecular formula is C26H29N3O4S. The summed E-state index contributed by atoms with van der Waals surface area (Å²) in [5.41, 5.74) is 2.15. The number of hydrogen-bond acceptors (Lipinski definition) is 5. The molecule has 0 aromatic heterocycles. The van der Waals surface area contributed by atoms with Gasteiger partial charge in [0, 0.05) is 39.3 Å². The van der Waals surface area contributed by atoms with Gasteiger partial charge >= 0.3 is 0 Å². The lowest BCUT2D eigenvalue weighted by molar-refractivity contribution is -0.135. The van der Waals surface area contributed by atoms with E-state index in [9.17, 15) is 13.2 Å². The van der Waals surface area contributed by atoms with Crippen molar-refractivity contribution in [2.45, 2.75) is 18.0 Å². The first kappa shape index (κ1) is 23.9. The Morgan fingerprint density at radius 2 is 1.38 bits per heavy atom. The Balaban J connectivity index is 1.22. The number of amides is 1. The molecule has 1 N–H and O–H groups in total. The molecule has 1 heterocycles. The molecule has 0 aliphatic carbocycles. The molecule has 8 heteroatoms. The summed E-state index contributed by atoms with van der Waals surface area (Å²) in [5, 5.41) is 0. The second-order valence-electron chi connectivity index (χ2n) is 8.21. The Morgan fingerprint density at radius 3 is 2.00 bits per heavy atom. The van der Waals surface area contributed by atoms with Crippen molar-refractivity contribution in [1.29, 1.82) is 0 Å². The number of nitrogens with zero attached hydrogens (tertiary/aromatic N) is 2. The highest BCUT2D eigenvalue weighted by Gasteiger charge is 2.21. The van der Waals surface area contributed by atoms with E-state index in [1.807, 2.05) is 53.4 Å². The third-order valence-electron chi connectivity index (χ3n) is 5.78. The van der Waals surface area contributed by atoms with Crippen LogP contribution in [0.2, 0.25) is 0 Å². The zero-order valence-corrected chi connectivity index (χ0v) is 19.8. The van der Waals surface area contributed by atoms with E-state index in [-0.39, 0.29) is 24.0 Å². The van der Waals surface area contributed by atoms with Crippen molar-refractivity contribution < 1.29 is 17.9 Å². The van der Waals surface area contributed by atoms with Gasteiger partial charge in [-0.1, -0.05) is 60.7 Å². The first-order valence-corrected chi connectivity index (χ1v) is 12.8. The predicted octanol–water partition coefficient (Wildman–Crippen LogP) is 2.89. The topological polar surface area (TPSA) is 78.9 Å². The van der Waals surface area contributed by atoms with E-state index in [4.69, 9.17) is 4.74 Å². The highest BCUT2D eigenvalue weighted by molar-refractivity contribution is 7.89. The fraction of sp³-hybridized carbons (Fsp3) is 0.269. The minimum Gasteiger partial charge on any atom is -0.484 e. The molecule has 1 aliphatic heterocycles.